The van der Waals surface area contributed by atoms with Crippen molar-refractivity contribution in [3.05, 3.63) is 106 Å². The fourth-order valence-corrected chi connectivity index (χ4v) is 5.94. The number of carbonyl (C=O) groups is 4. The number of nitrogens with one attached hydrogen (secondary N) is 2. The van der Waals surface area contributed by atoms with Crippen LogP contribution in [-0.4, -0.2) is 62.6 Å². The Balaban J connectivity index is 1.83. The predicted molar refractivity (Wildman–Crippen MR) is 189 cm³/mol. The molecule has 0 aliphatic carbocycles. The Kier molecular flexibility index (Phi) is 11.4. The molecule has 0 fully saturated rings. The van der Waals surface area contributed by atoms with Crippen LogP contribution in [0.5, 0.6) is 5.75 Å². The number of benzene rings is 3. The quantitative estimate of drug-likeness (QED) is 0.140. The highest BCUT2D eigenvalue weighted by Crippen LogP contribution is 2.30. The smallest absolute Gasteiger partial charge is 0.408 e. The van der Waals surface area contributed by atoms with E-state index < -0.39 is 41.6 Å². The maximum atomic E-state index is 14.9. The highest BCUT2D eigenvalue weighted by Gasteiger charge is 2.34. The van der Waals surface area contributed by atoms with Gasteiger partial charge >= 0.3 is 12.1 Å². The maximum absolute atomic E-state index is 14.9. The molecular weight excluding hydrogens is 638 g/mol. The SMILES string of the molecule is COc1c(C)cc(CN(C(=O)C(Cc2c(C)cc(C(N)=O)cc2C)NC(=O)OC(C)(C)C)[C@@H](C)c2nc(-c3ccccc3)c[nH]2)cc1C(=O)O. The summed E-state index contributed by atoms with van der Waals surface area (Å²) in [5.74, 6) is -1.52. The number of aryl methyl sites for hydroxylation is 3. The molecule has 0 aliphatic heterocycles. The second-order valence-electron chi connectivity index (χ2n) is 13.3. The molecule has 0 bridgehead atoms. The number of aromatic amines is 1. The van der Waals surface area contributed by atoms with E-state index in [1.165, 1.54) is 13.2 Å². The van der Waals surface area contributed by atoms with E-state index in [0.717, 1.165) is 22.3 Å². The van der Waals surface area contributed by atoms with Gasteiger partial charge in [0, 0.05) is 30.3 Å². The maximum Gasteiger partial charge on any atom is 0.408 e. The highest BCUT2D eigenvalue weighted by atomic mass is 16.6. The van der Waals surface area contributed by atoms with E-state index in [2.05, 4.69) is 10.3 Å². The molecule has 2 atom stereocenters. The summed E-state index contributed by atoms with van der Waals surface area (Å²) in [4.78, 5) is 61.8. The van der Waals surface area contributed by atoms with Gasteiger partial charge in [0.2, 0.25) is 11.8 Å². The van der Waals surface area contributed by atoms with Crippen LogP contribution in [-0.2, 0) is 22.5 Å². The third-order valence-electron chi connectivity index (χ3n) is 8.31. The molecule has 5 N–H and O–H groups in total. The molecule has 4 aromatic rings. The van der Waals surface area contributed by atoms with Crippen LogP contribution in [0.4, 0.5) is 4.79 Å². The predicted octanol–water partition coefficient (Wildman–Crippen LogP) is 6.03. The number of methoxy groups -OCH3 is 1. The van der Waals surface area contributed by atoms with Gasteiger partial charge in [-0.3, -0.25) is 9.59 Å². The minimum absolute atomic E-state index is 0.0302. The van der Waals surface area contributed by atoms with Crippen LogP contribution in [0.2, 0.25) is 0 Å². The van der Waals surface area contributed by atoms with Gasteiger partial charge in [-0.25, -0.2) is 14.6 Å². The third kappa shape index (κ3) is 8.87. The van der Waals surface area contributed by atoms with Crippen LogP contribution in [0.3, 0.4) is 0 Å². The van der Waals surface area contributed by atoms with Gasteiger partial charge in [-0.1, -0.05) is 36.4 Å². The number of hydrogen-bond donors (Lipinski definition) is 4. The Hall–Kier alpha value is -5.65. The number of H-pyrrole nitrogens is 1. The van der Waals surface area contributed by atoms with Crippen molar-refractivity contribution in [2.75, 3.05) is 7.11 Å². The Bertz CT molecular complexity index is 1870. The van der Waals surface area contributed by atoms with Gasteiger partial charge in [-0.05, 0) is 94.5 Å². The summed E-state index contributed by atoms with van der Waals surface area (Å²) >= 11 is 0. The van der Waals surface area contributed by atoms with Gasteiger partial charge < -0.3 is 35.5 Å². The summed E-state index contributed by atoms with van der Waals surface area (Å²) < 4.78 is 10.9. The van der Waals surface area contributed by atoms with Crippen molar-refractivity contribution in [2.45, 2.75) is 79.1 Å². The van der Waals surface area contributed by atoms with E-state index in [4.69, 9.17) is 20.2 Å². The Morgan fingerprint density at radius 2 is 1.64 bits per heavy atom. The van der Waals surface area contributed by atoms with E-state index >= 15 is 0 Å². The number of nitrogens with zero attached hydrogens (tertiary/aromatic N) is 2. The monoisotopic (exact) mass is 683 g/mol. The number of aromatic nitrogens is 2. The Labute approximate surface area is 292 Å². The number of carboxylic acids is 1. The first kappa shape index (κ1) is 37.2. The molecule has 1 unspecified atom stereocenters. The van der Waals surface area contributed by atoms with E-state index in [0.29, 0.717) is 28.2 Å². The molecule has 1 heterocycles. The first-order valence-electron chi connectivity index (χ1n) is 16.2. The van der Waals surface area contributed by atoms with Crippen molar-refractivity contribution in [3.63, 3.8) is 0 Å². The second-order valence-corrected chi connectivity index (χ2v) is 13.3. The first-order chi connectivity index (χ1) is 23.5. The van der Waals surface area contributed by atoms with E-state index in [-0.39, 0.29) is 24.3 Å². The van der Waals surface area contributed by atoms with Crippen molar-refractivity contribution in [3.8, 4) is 17.0 Å². The van der Waals surface area contributed by atoms with Gasteiger partial charge in [0.1, 0.15) is 28.8 Å². The zero-order valence-corrected chi connectivity index (χ0v) is 29.7. The number of carboxylic acid groups (broad SMARTS) is 1. The molecule has 12 heteroatoms. The Morgan fingerprint density at radius 3 is 2.20 bits per heavy atom. The molecule has 264 valence electrons. The average molecular weight is 684 g/mol. The fourth-order valence-electron chi connectivity index (χ4n) is 5.94. The third-order valence-corrected chi connectivity index (χ3v) is 8.31. The van der Waals surface area contributed by atoms with Crippen molar-refractivity contribution in [1.82, 2.24) is 20.2 Å². The molecule has 1 aromatic heterocycles. The summed E-state index contributed by atoms with van der Waals surface area (Å²) in [6.45, 7) is 12.3. The number of nitrogens with two attached hydrogens (primary N) is 1. The van der Waals surface area contributed by atoms with Crippen LogP contribution in [0.15, 0.2) is 60.8 Å². The summed E-state index contributed by atoms with van der Waals surface area (Å²) in [5, 5.41) is 12.8. The lowest BCUT2D eigenvalue weighted by Gasteiger charge is -2.33. The molecule has 12 nitrogen and oxygen atoms in total. The molecular formula is C38H45N5O7. The molecule has 4 rings (SSSR count). The van der Waals surface area contributed by atoms with Crippen molar-refractivity contribution < 1.29 is 33.8 Å². The first-order valence-corrected chi connectivity index (χ1v) is 16.2. The lowest BCUT2D eigenvalue weighted by molar-refractivity contribution is -0.136. The molecule has 3 amide bonds. The van der Waals surface area contributed by atoms with Gasteiger partial charge in [0.25, 0.3) is 0 Å². The summed E-state index contributed by atoms with van der Waals surface area (Å²) in [5.41, 5.74) is 9.85. The summed E-state index contributed by atoms with van der Waals surface area (Å²) in [6.07, 6.45) is 1.03. The molecule has 0 saturated heterocycles. The number of imidazole rings is 1. The number of ether oxygens (including phenoxy) is 2. The van der Waals surface area contributed by atoms with Crippen molar-refractivity contribution in [2.24, 2.45) is 5.73 Å². The topological polar surface area (TPSA) is 177 Å². The number of carbonyl (C=O) groups excluding carboxylic acids is 3. The van der Waals surface area contributed by atoms with Gasteiger partial charge in [-0.15, -0.1) is 0 Å². The van der Waals surface area contributed by atoms with E-state index in [1.807, 2.05) is 51.1 Å². The van der Waals surface area contributed by atoms with Gasteiger partial charge in [0.05, 0.1) is 18.8 Å². The molecule has 0 aliphatic rings. The largest absolute Gasteiger partial charge is 0.496 e. The minimum atomic E-state index is -1.17. The number of rotatable bonds is 12. The lowest BCUT2D eigenvalue weighted by atomic mass is 9.93. The molecule has 3 aromatic carbocycles. The zero-order chi connectivity index (χ0) is 36.9. The van der Waals surface area contributed by atoms with Crippen LogP contribution in [0, 0.1) is 20.8 Å². The van der Waals surface area contributed by atoms with Gasteiger partial charge in [0.15, 0.2) is 0 Å². The van der Waals surface area contributed by atoms with E-state index in [9.17, 15) is 24.3 Å². The van der Waals surface area contributed by atoms with Crippen LogP contribution >= 0.6 is 0 Å². The molecule has 0 radical (unpaired) electrons. The van der Waals surface area contributed by atoms with Crippen molar-refractivity contribution >= 4 is 23.9 Å². The summed E-state index contributed by atoms with van der Waals surface area (Å²) in [7, 11) is 1.40. The second kappa shape index (κ2) is 15.3. The highest BCUT2D eigenvalue weighted by molar-refractivity contribution is 5.93. The van der Waals surface area contributed by atoms with E-state index in [1.54, 1.807) is 57.0 Å². The lowest BCUT2D eigenvalue weighted by Crippen LogP contribution is -2.51. The van der Waals surface area contributed by atoms with Crippen LogP contribution in [0.1, 0.15) is 88.1 Å². The molecule has 0 spiro atoms. The standard InChI is InChI=1S/C38H45N5O7/c1-21-15-27(33(39)44)16-22(2)28(21)18-30(42-37(48)50-38(5,6)7)35(45)43(20-25-14-23(3)32(49-8)29(17-25)36(46)47)24(4)34-40-19-31(41-34)26-12-10-9-11-13-26/h9-17,19,24,30H,18,20H2,1-8H3,(H2,39,44)(H,40,41)(H,42,48)(H,46,47)/t24-,30?/m0/s1. The number of primary amides is 1. The number of aromatic carboxylic acids is 1. The zero-order valence-electron chi connectivity index (χ0n) is 29.7. The molecule has 50 heavy (non-hydrogen) atoms. The Morgan fingerprint density at radius 1 is 1.00 bits per heavy atom. The fraction of sp³-hybridized carbons (Fsp3) is 0.342. The number of alkyl carbamates (subject to hydrolysis) is 1. The minimum Gasteiger partial charge on any atom is -0.496 e. The van der Waals surface area contributed by atoms with Crippen LogP contribution in [0.25, 0.3) is 11.3 Å². The molecule has 0 saturated carbocycles. The van der Waals surface area contributed by atoms with Crippen molar-refractivity contribution in [1.29, 1.82) is 0 Å². The van der Waals surface area contributed by atoms with Crippen LogP contribution < -0.4 is 15.8 Å². The van der Waals surface area contributed by atoms with Gasteiger partial charge in [-0.2, -0.15) is 0 Å². The number of hydrogen-bond acceptors (Lipinski definition) is 7. The summed E-state index contributed by atoms with van der Waals surface area (Å²) in [6, 6.07) is 14.3. The number of amides is 3. The average Bonchev–Trinajstić information content (AvgIpc) is 3.54. The normalized spacial score (nSPS) is 12.5.